The molecule has 7 heteroatoms. The van der Waals surface area contributed by atoms with Gasteiger partial charge in [0.25, 0.3) is 0 Å². The summed E-state index contributed by atoms with van der Waals surface area (Å²) < 4.78 is 1.94. The van der Waals surface area contributed by atoms with Gasteiger partial charge in [0.2, 0.25) is 11.9 Å². The van der Waals surface area contributed by atoms with Gasteiger partial charge in [-0.05, 0) is 18.2 Å². The molecule has 1 aromatic carbocycles. The summed E-state index contributed by atoms with van der Waals surface area (Å²) >= 11 is 0. The van der Waals surface area contributed by atoms with Gasteiger partial charge in [-0.2, -0.15) is 0 Å². The molecule has 4 rings (SSSR count). The summed E-state index contributed by atoms with van der Waals surface area (Å²) in [5.74, 6) is -0.854. The zero-order valence-electron chi connectivity index (χ0n) is 12.1. The Hall–Kier alpha value is -3.09. The summed E-state index contributed by atoms with van der Waals surface area (Å²) in [6.45, 7) is 0.542. The lowest BCUT2D eigenvalue weighted by molar-refractivity contribution is -0.128. The predicted octanol–water partition coefficient (Wildman–Crippen LogP) is 1.52. The first-order valence-electron chi connectivity index (χ1n) is 7.30. The highest BCUT2D eigenvalue weighted by molar-refractivity contribution is 6.11. The summed E-state index contributed by atoms with van der Waals surface area (Å²) in [4.78, 5) is 37.3. The van der Waals surface area contributed by atoms with Crippen molar-refractivity contribution >= 4 is 28.7 Å². The quantitative estimate of drug-likeness (QED) is 0.725. The lowest BCUT2D eigenvalue weighted by Gasteiger charge is -2.21. The van der Waals surface area contributed by atoms with E-state index in [1.807, 2.05) is 28.8 Å². The average Bonchev–Trinajstić information content (AvgIpc) is 2.93. The van der Waals surface area contributed by atoms with Crippen LogP contribution in [0.5, 0.6) is 0 Å². The molecule has 0 radical (unpaired) electrons. The minimum absolute atomic E-state index is 0.138. The third-order valence-electron chi connectivity index (χ3n) is 3.91. The molecule has 7 nitrogen and oxygen atoms in total. The molecule has 23 heavy (non-hydrogen) atoms. The van der Waals surface area contributed by atoms with Gasteiger partial charge < -0.3 is 4.57 Å². The van der Waals surface area contributed by atoms with E-state index in [1.54, 1.807) is 6.07 Å². The Bertz CT molecular complexity index is 903. The van der Waals surface area contributed by atoms with Crippen molar-refractivity contribution in [2.75, 3.05) is 5.32 Å². The van der Waals surface area contributed by atoms with E-state index in [-0.39, 0.29) is 11.7 Å². The molecule has 0 bridgehead atoms. The van der Waals surface area contributed by atoms with Crippen LogP contribution in [0.3, 0.4) is 0 Å². The minimum atomic E-state index is -0.931. The normalized spacial score (nSPS) is 17.0. The van der Waals surface area contributed by atoms with Crippen LogP contribution in [0, 0.1) is 0 Å². The van der Waals surface area contributed by atoms with Crippen molar-refractivity contribution in [1.29, 1.82) is 0 Å². The molecule has 1 aliphatic heterocycles. The maximum absolute atomic E-state index is 12.6. The van der Waals surface area contributed by atoms with Crippen molar-refractivity contribution in [1.82, 2.24) is 19.5 Å². The largest absolute Gasteiger partial charge is 0.326 e. The number of benzene rings is 1. The van der Waals surface area contributed by atoms with Crippen LogP contribution in [0.15, 0.2) is 42.7 Å². The number of nitrogens with zero attached hydrogens (tertiary/aromatic N) is 4. The highest BCUT2D eigenvalue weighted by atomic mass is 16.2. The molecule has 1 N–H and O–H groups in total. The Morgan fingerprint density at radius 1 is 1.17 bits per heavy atom. The molecule has 3 aromatic rings. The first-order chi connectivity index (χ1) is 11.2. The Morgan fingerprint density at radius 3 is 2.78 bits per heavy atom. The number of imidazole rings is 1. The molecule has 0 spiro atoms. The van der Waals surface area contributed by atoms with Gasteiger partial charge in [0.1, 0.15) is 5.82 Å². The standard InChI is InChI=1S/C16H13N5O2/c22-12-6-9-21-11-5-2-1-4-10(11)19-14(21)13(12)15(23)20-16-17-7-3-8-18-16/h1-5,7-8,13H,6,9H2,(H,17,18,20,23). The number of amides is 1. The monoisotopic (exact) mass is 307 g/mol. The molecular weight excluding hydrogens is 294 g/mol. The van der Waals surface area contributed by atoms with Gasteiger partial charge >= 0.3 is 0 Å². The third kappa shape index (κ3) is 2.26. The van der Waals surface area contributed by atoms with Crippen LogP contribution in [0.4, 0.5) is 5.95 Å². The van der Waals surface area contributed by atoms with Gasteiger partial charge in [-0.3, -0.25) is 14.9 Å². The van der Waals surface area contributed by atoms with E-state index in [4.69, 9.17) is 0 Å². The molecule has 3 heterocycles. The van der Waals surface area contributed by atoms with E-state index in [2.05, 4.69) is 20.3 Å². The summed E-state index contributed by atoms with van der Waals surface area (Å²) in [6.07, 6.45) is 3.36. The number of fused-ring (bicyclic) bond motifs is 3. The summed E-state index contributed by atoms with van der Waals surface area (Å²) in [5, 5.41) is 2.59. The number of aromatic nitrogens is 4. The van der Waals surface area contributed by atoms with E-state index in [0.717, 1.165) is 11.0 Å². The highest BCUT2D eigenvalue weighted by Crippen LogP contribution is 2.29. The molecule has 114 valence electrons. The van der Waals surface area contributed by atoms with Crippen LogP contribution < -0.4 is 5.32 Å². The van der Waals surface area contributed by atoms with Gasteiger partial charge in [-0.25, -0.2) is 15.0 Å². The van der Waals surface area contributed by atoms with E-state index in [9.17, 15) is 9.59 Å². The van der Waals surface area contributed by atoms with Gasteiger partial charge in [-0.15, -0.1) is 0 Å². The van der Waals surface area contributed by atoms with Gasteiger partial charge in [0.05, 0.1) is 11.0 Å². The zero-order valence-corrected chi connectivity index (χ0v) is 12.1. The number of carbonyl (C=O) groups is 2. The molecule has 0 fully saturated rings. The van der Waals surface area contributed by atoms with Crippen LogP contribution >= 0.6 is 0 Å². The second-order valence-corrected chi connectivity index (χ2v) is 5.32. The Balaban J connectivity index is 1.74. The topological polar surface area (TPSA) is 89.8 Å². The van der Waals surface area contributed by atoms with E-state index < -0.39 is 11.8 Å². The Labute approximate surface area is 131 Å². The minimum Gasteiger partial charge on any atom is -0.326 e. The smallest absolute Gasteiger partial charge is 0.245 e. The van der Waals surface area contributed by atoms with Gasteiger partial charge in [-0.1, -0.05) is 12.1 Å². The molecule has 1 amide bonds. The number of Topliss-reactive ketones (excluding diaryl/α,β-unsaturated/α-hetero) is 1. The summed E-state index contributed by atoms with van der Waals surface area (Å²) in [5.41, 5.74) is 1.72. The predicted molar refractivity (Wildman–Crippen MR) is 82.8 cm³/mol. The van der Waals surface area contributed by atoms with Gasteiger partial charge in [0, 0.05) is 25.4 Å². The number of aryl methyl sites for hydroxylation is 1. The Morgan fingerprint density at radius 2 is 1.96 bits per heavy atom. The van der Waals surface area contributed by atoms with Crippen LogP contribution in [0.1, 0.15) is 18.2 Å². The molecular formula is C16H13N5O2. The van der Waals surface area contributed by atoms with Crippen LogP contribution in [0.2, 0.25) is 0 Å². The maximum atomic E-state index is 12.6. The molecule has 1 unspecified atom stereocenters. The zero-order chi connectivity index (χ0) is 15.8. The molecule has 2 aromatic heterocycles. The molecule has 0 saturated heterocycles. The van der Waals surface area contributed by atoms with Crippen LogP contribution in [-0.4, -0.2) is 31.2 Å². The van der Waals surface area contributed by atoms with Crippen molar-refractivity contribution in [2.45, 2.75) is 18.9 Å². The van der Waals surface area contributed by atoms with Crippen molar-refractivity contribution in [3.05, 3.63) is 48.5 Å². The highest BCUT2D eigenvalue weighted by Gasteiger charge is 2.36. The van der Waals surface area contributed by atoms with Crippen LogP contribution in [-0.2, 0) is 16.1 Å². The number of ketones is 1. The summed E-state index contributed by atoms with van der Waals surface area (Å²) in [7, 11) is 0. The number of hydrogen-bond acceptors (Lipinski definition) is 5. The van der Waals surface area contributed by atoms with Crippen molar-refractivity contribution in [3.63, 3.8) is 0 Å². The maximum Gasteiger partial charge on any atom is 0.245 e. The van der Waals surface area contributed by atoms with Crippen LogP contribution in [0.25, 0.3) is 11.0 Å². The van der Waals surface area contributed by atoms with E-state index >= 15 is 0 Å². The second kappa shape index (κ2) is 5.28. The fourth-order valence-electron chi connectivity index (χ4n) is 2.87. The summed E-state index contributed by atoms with van der Waals surface area (Å²) in [6, 6.07) is 9.27. The molecule has 1 atom stereocenters. The fraction of sp³-hybridized carbons (Fsp3) is 0.188. The van der Waals surface area contributed by atoms with Gasteiger partial charge in [0.15, 0.2) is 11.7 Å². The van der Waals surface area contributed by atoms with E-state index in [0.29, 0.717) is 18.8 Å². The third-order valence-corrected chi connectivity index (χ3v) is 3.91. The Kier molecular flexibility index (Phi) is 3.11. The number of hydrogen-bond donors (Lipinski definition) is 1. The van der Waals surface area contributed by atoms with E-state index in [1.165, 1.54) is 12.4 Å². The average molecular weight is 307 g/mol. The first-order valence-corrected chi connectivity index (χ1v) is 7.30. The molecule has 0 saturated carbocycles. The van der Waals surface area contributed by atoms with Crippen molar-refractivity contribution in [2.24, 2.45) is 0 Å². The second-order valence-electron chi connectivity index (χ2n) is 5.32. The fourth-order valence-corrected chi connectivity index (χ4v) is 2.87. The van der Waals surface area contributed by atoms with Crippen molar-refractivity contribution < 1.29 is 9.59 Å². The number of nitrogens with one attached hydrogen (secondary N) is 1. The lowest BCUT2D eigenvalue weighted by atomic mass is 9.96. The molecule has 0 aliphatic carbocycles. The number of anilines is 1. The SMILES string of the molecule is O=C1CCn2c(nc3ccccc32)C1C(=O)Nc1ncccn1. The van der Waals surface area contributed by atoms with Crippen molar-refractivity contribution in [3.8, 4) is 0 Å². The number of rotatable bonds is 2. The number of carbonyl (C=O) groups excluding carboxylic acids is 2. The number of para-hydroxylation sites is 2. The molecule has 1 aliphatic rings. The lowest BCUT2D eigenvalue weighted by Crippen LogP contribution is -2.34. The first kappa shape index (κ1) is 13.6.